The van der Waals surface area contributed by atoms with E-state index in [0.717, 1.165) is 11.1 Å². The molecule has 23 heavy (non-hydrogen) atoms. The predicted octanol–water partition coefficient (Wildman–Crippen LogP) is 2.38. The fourth-order valence-corrected chi connectivity index (χ4v) is 3.19. The van der Waals surface area contributed by atoms with E-state index in [-0.39, 0.29) is 24.1 Å². The van der Waals surface area contributed by atoms with Gasteiger partial charge in [0.05, 0.1) is 13.2 Å². The fraction of sp³-hybridized carbons (Fsp3) is 0.588. The fourth-order valence-electron chi connectivity index (χ4n) is 3.19. The molecular weight excluding hydrogens is 296 g/mol. The molecule has 0 aromatic rings. The van der Waals surface area contributed by atoms with Gasteiger partial charge in [-0.25, -0.2) is 0 Å². The number of rotatable bonds is 4. The number of ether oxygens (including phenoxy) is 3. The van der Waals surface area contributed by atoms with Crippen LogP contribution in [0.2, 0.25) is 0 Å². The maximum atomic E-state index is 10.9. The zero-order valence-corrected chi connectivity index (χ0v) is 13.3. The average molecular weight is 316 g/mol. The van der Waals surface area contributed by atoms with Gasteiger partial charge in [0.1, 0.15) is 24.3 Å². The monoisotopic (exact) mass is 316 g/mol. The maximum absolute atomic E-state index is 10.9. The largest absolute Gasteiger partial charge is 0.461 e. The molecule has 1 aliphatic heterocycles. The molecule has 2 rings (SSSR count). The van der Waals surface area contributed by atoms with Crippen molar-refractivity contribution >= 4 is 5.97 Å². The molecule has 1 atom stereocenters. The van der Waals surface area contributed by atoms with Crippen molar-refractivity contribution < 1.29 is 19.0 Å². The average Bonchev–Trinajstić information content (AvgIpc) is 2.96. The van der Waals surface area contributed by atoms with E-state index in [1.807, 2.05) is 12.1 Å². The predicted molar refractivity (Wildman–Crippen MR) is 80.6 cm³/mol. The minimum absolute atomic E-state index is 0.0702. The van der Waals surface area contributed by atoms with Gasteiger partial charge in [-0.2, -0.15) is 10.5 Å². The summed E-state index contributed by atoms with van der Waals surface area (Å²) in [7, 11) is 0. The third-order valence-electron chi connectivity index (χ3n) is 4.20. The minimum atomic E-state index is -0.619. The van der Waals surface area contributed by atoms with Gasteiger partial charge in [0.15, 0.2) is 5.79 Å². The van der Waals surface area contributed by atoms with Crippen molar-refractivity contribution in [3.8, 4) is 12.1 Å². The van der Waals surface area contributed by atoms with E-state index < -0.39 is 5.79 Å². The van der Waals surface area contributed by atoms with Gasteiger partial charge >= 0.3 is 5.97 Å². The number of hydrogen-bond acceptors (Lipinski definition) is 6. The zero-order valence-electron chi connectivity index (χ0n) is 13.3. The van der Waals surface area contributed by atoms with Crippen molar-refractivity contribution in [3.63, 3.8) is 0 Å². The van der Waals surface area contributed by atoms with Gasteiger partial charge in [-0.05, 0) is 29.9 Å². The molecule has 0 amide bonds. The van der Waals surface area contributed by atoms with Crippen molar-refractivity contribution in [2.24, 2.45) is 5.92 Å². The lowest BCUT2D eigenvalue weighted by molar-refractivity contribution is -0.179. The Hall–Kier alpha value is -2.15. The Bertz CT molecular complexity index is 587. The van der Waals surface area contributed by atoms with E-state index in [0.29, 0.717) is 38.9 Å². The number of carbonyl (C=O) groups excluding carboxylic acids is 1. The Kier molecular flexibility index (Phi) is 5.54. The highest BCUT2D eigenvalue weighted by atomic mass is 16.7. The molecule has 0 N–H and O–H groups in total. The molecule has 6 heteroatoms. The van der Waals surface area contributed by atoms with E-state index in [2.05, 4.69) is 6.58 Å². The summed E-state index contributed by atoms with van der Waals surface area (Å²) < 4.78 is 16.5. The van der Waals surface area contributed by atoms with Gasteiger partial charge in [0.25, 0.3) is 0 Å². The minimum Gasteiger partial charge on any atom is -0.461 e. The number of nitriles is 2. The molecule has 0 bridgehead atoms. The van der Waals surface area contributed by atoms with E-state index >= 15 is 0 Å². The van der Waals surface area contributed by atoms with Crippen LogP contribution in [0.15, 0.2) is 23.3 Å². The molecule has 1 unspecified atom stereocenters. The van der Waals surface area contributed by atoms with Crippen LogP contribution in [0, 0.1) is 28.6 Å². The number of nitrogens with zero attached hydrogens (tertiary/aromatic N) is 2. The van der Waals surface area contributed by atoms with Gasteiger partial charge in [0, 0.05) is 19.8 Å². The molecule has 1 spiro atoms. The third kappa shape index (κ3) is 4.19. The van der Waals surface area contributed by atoms with Crippen LogP contribution < -0.4 is 0 Å². The van der Waals surface area contributed by atoms with Crippen LogP contribution in [-0.2, 0) is 19.0 Å². The Labute approximate surface area is 135 Å². The molecule has 122 valence electrons. The summed E-state index contributed by atoms with van der Waals surface area (Å²) in [5.41, 5.74) is 1.72. The number of allylic oxidation sites excluding steroid dienone is 2. The Morgan fingerprint density at radius 1 is 1.39 bits per heavy atom. The Morgan fingerprint density at radius 2 is 2.04 bits per heavy atom. The smallest absolute Gasteiger partial charge is 0.302 e. The maximum Gasteiger partial charge on any atom is 0.302 e. The first kappa shape index (κ1) is 17.2. The molecule has 1 heterocycles. The van der Waals surface area contributed by atoms with Crippen molar-refractivity contribution in [2.45, 2.75) is 38.4 Å². The summed E-state index contributed by atoms with van der Waals surface area (Å²) in [4.78, 5) is 10.9. The number of hydrogen-bond donors (Lipinski definition) is 0. The van der Waals surface area contributed by atoms with Gasteiger partial charge < -0.3 is 14.2 Å². The van der Waals surface area contributed by atoms with Crippen LogP contribution >= 0.6 is 0 Å². The molecule has 2 fully saturated rings. The lowest BCUT2D eigenvalue weighted by Crippen LogP contribution is -2.38. The van der Waals surface area contributed by atoms with Crippen molar-refractivity contribution in [1.29, 1.82) is 10.5 Å². The third-order valence-corrected chi connectivity index (χ3v) is 4.20. The quantitative estimate of drug-likeness (QED) is 0.449. The van der Waals surface area contributed by atoms with Crippen LogP contribution in [0.25, 0.3) is 0 Å². The first-order valence-electron chi connectivity index (χ1n) is 7.61. The SMILES string of the molecule is C=C(COC(C)=O)CC1CC2(CCC1=C(C#N)C#N)OCCO2. The van der Waals surface area contributed by atoms with Crippen LogP contribution in [0.1, 0.15) is 32.6 Å². The Balaban J connectivity index is 2.16. The highest BCUT2D eigenvalue weighted by Crippen LogP contribution is 2.44. The molecule has 0 radical (unpaired) electrons. The first-order valence-corrected chi connectivity index (χ1v) is 7.61. The highest BCUT2D eigenvalue weighted by Gasteiger charge is 2.44. The van der Waals surface area contributed by atoms with Crippen LogP contribution in [0.3, 0.4) is 0 Å². The molecule has 6 nitrogen and oxygen atoms in total. The van der Waals surface area contributed by atoms with Gasteiger partial charge in [0.2, 0.25) is 0 Å². The lowest BCUT2D eigenvalue weighted by atomic mass is 9.76. The zero-order chi connectivity index (χ0) is 16.9. The van der Waals surface area contributed by atoms with Gasteiger partial charge in [-0.15, -0.1) is 0 Å². The summed E-state index contributed by atoms with van der Waals surface area (Å²) >= 11 is 0. The number of esters is 1. The summed E-state index contributed by atoms with van der Waals surface area (Å²) in [6.45, 7) is 6.54. The van der Waals surface area contributed by atoms with Crippen molar-refractivity contribution in [1.82, 2.24) is 0 Å². The number of carbonyl (C=O) groups is 1. The second-order valence-electron chi connectivity index (χ2n) is 5.87. The Morgan fingerprint density at radius 3 is 2.61 bits per heavy atom. The molecule has 2 aliphatic rings. The second-order valence-corrected chi connectivity index (χ2v) is 5.87. The molecule has 1 saturated carbocycles. The van der Waals surface area contributed by atoms with Gasteiger partial charge in [-0.1, -0.05) is 6.58 Å². The van der Waals surface area contributed by atoms with Crippen LogP contribution in [-0.4, -0.2) is 31.6 Å². The molecule has 0 aromatic heterocycles. The lowest BCUT2D eigenvalue weighted by Gasteiger charge is -2.38. The topological polar surface area (TPSA) is 92.3 Å². The van der Waals surface area contributed by atoms with E-state index in [9.17, 15) is 15.3 Å². The highest BCUT2D eigenvalue weighted by molar-refractivity contribution is 5.66. The molecule has 0 aromatic carbocycles. The second kappa shape index (κ2) is 7.41. The summed E-state index contributed by atoms with van der Waals surface area (Å²) in [5.74, 6) is -1.05. The standard InChI is InChI=1S/C17H20N2O4/c1-12(11-21-13(2)20)7-14-8-17(22-5-6-23-17)4-3-16(14)15(9-18)10-19/h14H,1,3-8,11H2,2H3. The summed E-state index contributed by atoms with van der Waals surface area (Å²) in [6, 6.07) is 3.95. The molecule has 1 saturated heterocycles. The van der Waals surface area contributed by atoms with E-state index in [4.69, 9.17) is 14.2 Å². The molecular formula is C17H20N2O4. The summed E-state index contributed by atoms with van der Waals surface area (Å²) in [6.07, 6.45) is 2.34. The normalized spacial score (nSPS) is 22.2. The van der Waals surface area contributed by atoms with E-state index in [1.165, 1.54) is 6.92 Å². The van der Waals surface area contributed by atoms with Crippen molar-refractivity contribution in [3.05, 3.63) is 23.3 Å². The van der Waals surface area contributed by atoms with Crippen LogP contribution in [0.4, 0.5) is 0 Å². The first-order chi connectivity index (χ1) is 11.0. The molecule has 1 aliphatic carbocycles. The summed E-state index contributed by atoms with van der Waals surface area (Å²) in [5, 5.41) is 18.4. The van der Waals surface area contributed by atoms with E-state index in [1.54, 1.807) is 0 Å². The van der Waals surface area contributed by atoms with Crippen molar-refractivity contribution in [2.75, 3.05) is 19.8 Å². The van der Waals surface area contributed by atoms with Gasteiger partial charge in [-0.3, -0.25) is 4.79 Å². The van der Waals surface area contributed by atoms with Crippen LogP contribution in [0.5, 0.6) is 0 Å².